The second kappa shape index (κ2) is 6.13. The van der Waals surface area contributed by atoms with Crippen molar-refractivity contribution in [1.29, 1.82) is 0 Å². The number of rotatable bonds is 4. The van der Waals surface area contributed by atoms with Crippen LogP contribution in [0.1, 0.15) is 24.0 Å². The van der Waals surface area contributed by atoms with E-state index in [1.165, 1.54) is 31.5 Å². The fraction of sp³-hybridized carbons (Fsp3) is 0.562. The van der Waals surface area contributed by atoms with Crippen LogP contribution in [-0.4, -0.2) is 57.7 Å². The molecule has 2 aromatic heterocycles. The zero-order valence-corrected chi connectivity index (χ0v) is 12.9. The highest BCUT2D eigenvalue weighted by atomic mass is 16.3. The van der Waals surface area contributed by atoms with Gasteiger partial charge in [-0.2, -0.15) is 5.10 Å². The summed E-state index contributed by atoms with van der Waals surface area (Å²) in [6.07, 6.45) is 6.15. The summed E-state index contributed by atoms with van der Waals surface area (Å²) in [5.74, 6) is 0. The molecule has 3 heterocycles. The quantitative estimate of drug-likeness (QED) is 0.922. The zero-order chi connectivity index (χ0) is 14.8. The van der Waals surface area contributed by atoms with Gasteiger partial charge in [-0.1, -0.05) is 6.07 Å². The van der Waals surface area contributed by atoms with Crippen LogP contribution in [0.25, 0.3) is 5.52 Å². The lowest BCUT2D eigenvalue weighted by molar-refractivity contribution is 0.139. The van der Waals surface area contributed by atoms with Gasteiger partial charge in [-0.25, -0.2) is 4.52 Å². The monoisotopic (exact) mass is 288 g/mol. The highest BCUT2D eigenvalue weighted by molar-refractivity contribution is 5.60. The summed E-state index contributed by atoms with van der Waals surface area (Å²) in [4.78, 5) is 4.84. The minimum atomic E-state index is 0.0401. The molecule has 0 spiro atoms. The third-order valence-electron chi connectivity index (χ3n) is 4.60. The lowest BCUT2D eigenvalue weighted by atomic mass is 10.0. The van der Waals surface area contributed by atoms with Crippen molar-refractivity contribution in [3.8, 4) is 0 Å². The predicted octanol–water partition coefficient (Wildman–Crippen LogP) is 1.35. The molecule has 1 aliphatic rings. The van der Waals surface area contributed by atoms with Crippen LogP contribution in [0, 0.1) is 0 Å². The van der Waals surface area contributed by atoms with Crippen LogP contribution < -0.4 is 0 Å². The van der Waals surface area contributed by atoms with E-state index in [0.717, 1.165) is 17.6 Å². The molecule has 0 aliphatic carbocycles. The molecule has 0 radical (unpaired) electrons. The molecule has 2 aromatic rings. The largest absolute Gasteiger partial charge is 0.392 e. The molecule has 114 valence electrons. The maximum absolute atomic E-state index is 9.49. The van der Waals surface area contributed by atoms with Gasteiger partial charge in [0.2, 0.25) is 0 Å². The number of hydrogen-bond acceptors (Lipinski definition) is 4. The van der Waals surface area contributed by atoms with Crippen molar-refractivity contribution < 1.29 is 5.11 Å². The maximum atomic E-state index is 9.49. The Kier molecular flexibility index (Phi) is 4.24. The normalized spacial score (nSPS) is 17.9. The molecule has 0 amide bonds. The Hall–Kier alpha value is -1.43. The second-order valence-corrected chi connectivity index (χ2v) is 6.10. The molecule has 0 unspecified atom stereocenters. The summed E-state index contributed by atoms with van der Waals surface area (Å²) in [7, 11) is 4.39. The van der Waals surface area contributed by atoms with Gasteiger partial charge < -0.3 is 10.0 Å². The third kappa shape index (κ3) is 2.95. The van der Waals surface area contributed by atoms with E-state index in [-0.39, 0.29) is 6.61 Å². The first kappa shape index (κ1) is 14.5. The van der Waals surface area contributed by atoms with Crippen molar-refractivity contribution in [2.75, 3.05) is 27.2 Å². The number of likely N-dealkylation sites (tertiary alicyclic amines) is 1. The van der Waals surface area contributed by atoms with Crippen LogP contribution >= 0.6 is 0 Å². The predicted molar refractivity (Wildman–Crippen MR) is 83.1 cm³/mol. The van der Waals surface area contributed by atoms with Gasteiger partial charge in [0, 0.05) is 24.3 Å². The standard InChI is InChI=1S/C16H24N4O/c1-18-8-5-15(6-9-18)19(2)11-13-4-3-7-20-16(13)14(12-21)10-17-20/h3-4,7,10,15,21H,5-6,8-9,11-12H2,1-2H3. The SMILES string of the molecule is CN1CCC(N(C)Cc2cccn3ncc(CO)c23)CC1. The molecule has 5 heteroatoms. The van der Waals surface area contributed by atoms with Crippen molar-refractivity contribution in [3.05, 3.63) is 35.7 Å². The molecule has 0 aromatic carbocycles. The Labute approximate surface area is 125 Å². The molecule has 1 saturated heterocycles. The van der Waals surface area contributed by atoms with Crippen molar-refractivity contribution in [1.82, 2.24) is 19.4 Å². The summed E-state index contributed by atoms with van der Waals surface area (Å²) >= 11 is 0. The Morgan fingerprint density at radius 2 is 2.10 bits per heavy atom. The topological polar surface area (TPSA) is 44.0 Å². The van der Waals surface area contributed by atoms with Crippen LogP contribution in [0.5, 0.6) is 0 Å². The highest BCUT2D eigenvalue weighted by Gasteiger charge is 2.21. The van der Waals surface area contributed by atoms with E-state index in [0.29, 0.717) is 6.04 Å². The van der Waals surface area contributed by atoms with Crippen LogP contribution in [0.4, 0.5) is 0 Å². The van der Waals surface area contributed by atoms with E-state index in [2.05, 4.69) is 35.1 Å². The minimum Gasteiger partial charge on any atom is -0.392 e. The van der Waals surface area contributed by atoms with E-state index < -0.39 is 0 Å². The molecular formula is C16H24N4O. The van der Waals surface area contributed by atoms with E-state index in [1.54, 1.807) is 6.20 Å². The number of pyridine rings is 1. The maximum Gasteiger partial charge on any atom is 0.0761 e. The first-order valence-corrected chi connectivity index (χ1v) is 7.63. The molecular weight excluding hydrogens is 264 g/mol. The van der Waals surface area contributed by atoms with E-state index in [9.17, 15) is 5.11 Å². The number of hydrogen-bond donors (Lipinski definition) is 1. The first-order valence-electron chi connectivity index (χ1n) is 7.63. The van der Waals surface area contributed by atoms with Gasteiger partial charge in [0.1, 0.15) is 0 Å². The number of aromatic nitrogens is 2. The van der Waals surface area contributed by atoms with Crippen molar-refractivity contribution in [2.45, 2.75) is 32.0 Å². The average Bonchev–Trinajstić information content (AvgIpc) is 2.92. The summed E-state index contributed by atoms with van der Waals surface area (Å²) in [6.45, 7) is 3.29. The van der Waals surface area contributed by atoms with Gasteiger partial charge in [-0.05, 0) is 51.7 Å². The molecule has 1 fully saturated rings. The molecule has 0 bridgehead atoms. The molecule has 3 rings (SSSR count). The number of nitrogens with zero attached hydrogens (tertiary/aromatic N) is 4. The van der Waals surface area contributed by atoms with Gasteiger partial charge >= 0.3 is 0 Å². The van der Waals surface area contributed by atoms with Gasteiger partial charge in [0.15, 0.2) is 0 Å². The molecule has 5 nitrogen and oxygen atoms in total. The van der Waals surface area contributed by atoms with Crippen LogP contribution in [-0.2, 0) is 13.2 Å². The highest BCUT2D eigenvalue weighted by Crippen LogP contribution is 2.21. The molecule has 1 aliphatic heterocycles. The molecule has 0 atom stereocenters. The number of fused-ring (bicyclic) bond motifs is 1. The van der Waals surface area contributed by atoms with Crippen molar-refractivity contribution in [2.24, 2.45) is 0 Å². The number of piperidine rings is 1. The van der Waals surface area contributed by atoms with E-state index >= 15 is 0 Å². The van der Waals surface area contributed by atoms with Gasteiger partial charge in [-0.3, -0.25) is 4.90 Å². The summed E-state index contributed by atoms with van der Waals surface area (Å²) < 4.78 is 1.86. The summed E-state index contributed by atoms with van der Waals surface area (Å²) in [5.41, 5.74) is 3.20. The lowest BCUT2D eigenvalue weighted by Crippen LogP contribution is -2.41. The van der Waals surface area contributed by atoms with Crippen molar-refractivity contribution in [3.63, 3.8) is 0 Å². The Morgan fingerprint density at radius 1 is 1.33 bits per heavy atom. The van der Waals surface area contributed by atoms with Gasteiger partial charge in [-0.15, -0.1) is 0 Å². The minimum absolute atomic E-state index is 0.0401. The second-order valence-electron chi connectivity index (χ2n) is 6.10. The lowest BCUT2D eigenvalue weighted by Gasteiger charge is -2.35. The van der Waals surface area contributed by atoms with E-state index in [4.69, 9.17) is 0 Å². The Balaban J connectivity index is 1.79. The smallest absolute Gasteiger partial charge is 0.0761 e. The average molecular weight is 288 g/mol. The van der Waals surface area contributed by atoms with Crippen LogP contribution in [0.3, 0.4) is 0 Å². The van der Waals surface area contributed by atoms with E-state index in [1.807, 2.05) is 16.8 Å². The molecule has 1 N–H and O–H groups in total. The van der Waals surface area contributed by atoms with Crippen LogP contribution in [0.15, 0.2) is 24.5 Å². The zero-order valence-electron chi connectivity index (χ0n) is 12.9. The number of aliphatic hydroxyl groups is 1. The van der Waals surface area contributed by atoms with Gasteiger partial charge in [0.05, 0.1) is 18.3 Å². The fourth-order valence-corrected chi connectivity index (χ4v) is 3.26. The summed E-state index contributed by atoms with van der Waals surface area (Å²) in [5, 5.41) is 13.8. The number of aliphatic hydroxyl groups excluding tert-OH is 1. The first-order chi connectivity index (χ1) is 10.2. The molecule has 21 heavy (non-hydrogen) atoms. The van der Waals surface area contributed by atoms with Crippen molar-refractivity contribution >= 4 is 5.52 Å². The fourth-order valence-electron chi connectivity index (χ4n) is 3.26. The van der Waals surface area contributed by atoms with Crippen LogP contribution in [0.2, 0.25) is 0 Å². The summed E-state index contributed by atoms with van der Waals surface area (Å²) in [6, 6.07) is 4.81. The third-order valence-corrected chi connectivity index (χ3v) is 4.60. The Bertz CT molecular complexity index is 601. The van der Waals surface area contributed by atoms with Gasteiger partial charge in [0.25, 0.3) is 0 Å². The molecule has 0 saturated carbocycles. The Morgan fingerprint density at radius 3 is 2.81 bits per heavy atom.